The number of methoxy groups -OCH3 is 1. The molecule has 0 aliphatic heterocycles. The second-order valence-corrected chi connectivity index (χ2v) is 11.1. The van der Waals surface area contributed by atoms with Crippen LogP contribution in [0.4, 0.5) is 5.69 Å². The van der Waals surface area contributed by atoms with E-state index in [0.717, 1.165) is 16.3 Å². The summed E-state index contributed by atoms with van der Waals surface area (Å²) in [7, 11) is -2.61. The van der Waals surface area contributed by atoms with Crippen molar-refractivity contribution in [3.8, 4) is 5.75 Å². The van der Waals surface area contributed by atoms with Crippen LogP contribution in [0.15, 0.2) is 83.8 Å². The van der Waals surface area contributed by atoms with Crippen molar-refractivity contribution in [2.24, 2.45) is 0 Å². The number of ether oxygens (including phenoxy) is 1. The van der Waals surface area contributed by atoms with Gasteiger partial charge in [0, 0.05) is 13.1 Å². The van der Waals surface area contributed by atoms with Crippen molar-refractivity contribution in [2.45, 2.75) is 44.2 Å². The summed E-state index contributed by atoms with van der Waals surface area (Å²) in [6.07, 6.45) is 1.08. The lowest BCUT2D eigenvalue weighted by Gasteiger charge is -2.33. The van der Waals surface area contributed by atoms with Crippen molar-refractivity contribution < 1.29 is 22.7 Å². The second-order valence-electron chi connectivity index (χ2n) is 8.86. The van der Waals surface area contributed by atoms with Gasteiger partial charge in [-0.2, -0.15) is 0 Å². The molecule has 0 unspecified atom stereocenters. The highest BCUT2D eigenvalue weighted by Crippen LogP contribution is 2.30. The number of amides is 2. The van der Waals surface area contributed by atoms with Crippen LogP contribution in [-0.2, 0) is 26.2 Å². The monoisotopic (exact) mass is 571 g/mol. The Kier molecular flexibility index (Phi) is 10.8. The number of hydrogen-bond donors (Lipinski definition) is 1. The van der Waals surface area contributed by atoms with E-state index in [4.69, 9.17) is 16.3 Å². The molecule has 3 aromatic rings. The summed E-state index contributed by atoms with van der Waals surface area (Å²) in [6, 6.07) is 20.7. The molecule has 3 rings (SSSR count). The van der Waals surface area contributed by atoms with Gasteiger partial charge in [-0.05, 0) is 54.8 Å². The van der Waals surface area contributed by atoms with Crippen molar-refractivity contribution >= 4 is 39.1 Å². The molecule has 0 radical (unpaired) electrons. The Bertz CT molecular complexity index is 1350. The molecule has 39 heavy (non-hydrogen) atoms. The summed E-state index contributed by atoms with van der Waals surface area (Å²) in [5, 5.41) is 3.05. The molecule has 0 saturated heterocycles. The highest BCUT2D eigenvalue weighted by Gasteiger charge is 2.34. The van der Waals surface area contributed by atoms with Gasteiger partial charge in [-0.3, -0.25) is 13.9 Å². The summed E-state index contributed by atoms with van der Waals surface area (Å²) in [5.74, 6) is -0.177. The molecule has 208 valence electrons. The second kappa shape index (κ2) is 14.0. The third kappa shape index (κ3) is 7.52. The molecule has 8 nitrogen and oxygen atoms in total. The van der Waals surface area contributed by atoms with Crippen LogP contribution in [-0.4, -0.2) is 51.4 Å². The molecule has 2 amide bonds. The molecule has 0 aromatic heterocycles. The molecule has 0 bridgehead atoms. The van der Waals surface area contributed by atoms with Crippen LogP contribution in [0, 0.1) is 0 Å². The molecule has 0 saturated carbocycles. The smallest absolute Gasteiger partial charge is 0.264 e. The SMILES string of the molecule is CCCNC(=O)[C@@H](CC)N(Cc1ccc(OC)cc1)C(=O)CN(c1ccccc1Cl)S(=O)(=O)c1ccccc1. The van der Waals surface area contributed by atoms with E-state index < -0.39 is 28.5 Å². The van der Waals surface area contributed by atoms with E-state index in [1.165, 1.54) is 17.0 Å². The van der Waals surface area contributed by atoms with Crippen LogP contribution in [0.3, 0.4) is 0 Å². The number of sulfonamides is 1. The average Bonchev–Trinajstić information content (AvgIpc) is 2.95. The van der Waals surface area contributed by atoms with E-state index >= 15 is 0 Å². The quantitative estimate of drug-likeness (QED) is 0.315. The molecular weight excluding hydrogens is 538 g/mol. The van der Waals surface area contributed by atoms with E-state index in [0.29, 0.717) is 18.7 Å². The first-order valence-electron chi connectivity index (χ1n) is 12.7. The standard InChI is InChI=1S/C29H34ClN3O5S/c1-4-19-31-29(35)26(5-2)32(20-22-15-17-23(38-3)18-16-22)28(34)21-33(27-14-10-9-13-25(27)30)39(36,37)24-11-7-6-8-12-24/h6-18,26H,4-5,19-21H2,1-3H3,(H,31,35)/t26-/m1/s1. The largest absolute Gasteiger partial charge is 0.497 e. The van der Waals surface area contributed by atoms with E-state index in [9.17, 15) is 18.0 Å². The van der Waals surface area contributed by atoms with Gasteiger partial charge in [0.05, 0.1) is 22.7 Å². The number of rotatable bonds is 13. The molecule has 0 aliphatic carbocycles. The fraction of sp³-hybridized carbons (Fsp3) is 0.310. The van der Waals surface area contributed by atoms with Gasteiger partial charge in [0.15, 0.2) is 0 Å². The minimum atomic E-state index is -4.17. The number of nitrogens with one attached hydrogen (secondary N) is 1. The Morgan fingerprint density at radius 3 is 2.18 bits per heavy atom. The summed E-state index contributed by atoms with van der Waals surface area (Å²) in [6.45, 7) is 3.78. The Morgan fingerprint density at radius 2 is 1.59 bits per heavy atom. The highest BCUT2D eigenvalue weighted by molar-refractivity contribution is 7.92. The van der Waals surface area contributed by atoms with Crippen LogP contribution in [0.1, 0.15) is 32.3 Å². The summed E-state index contributed by atoms with van der Waals surface area (Å²) in [4.78, 5) is 28.6. The van der Waals surface area contributed by atoms with Crippen molar-refractivity contribution in [3.05, 3.63) is 89.4 Å². The molecule has 0 heterocycles. The molecule has 3 aromatic carbocycles. The molecule has 0 spiro atoms. The zero-order valence-electron chi connectivity index (χ0n) is 22.3. The van der Waals surface area contributed by atoms with Gasteiger partial charge < -0.3 is 15.0 Å². The number of nitrogens with zero attached hydrogens (tertiary/aromatic N) is 2. The van der Waals surface area contributed by atoms with Gasteiger partial charge in [-0.25, -0.2) is 8.42 Å². The van der Waals surface area contributed by atoms with Crippen LogP contribution in [0.5, 0.6) is 5.75 Å². The Hall–Kier alpha value is -3.56. The van der Waals surface area contributed by atoms with Crippen molar-refractivity contribution in [2.75, 3.05) is 24.5 Å². The fourth-order valence-electron chi connectivity index (χ4n) is 4.10. The molecule has 10 heteroatoms. The van der Waals surface area contributed by atoms with Crippen LogP contribution < -0.4 is 14.4 Å². The number of hydrogen-bond acceptors (Lipinski definition) is 5. The average molecular weight is 572 g/mol. The summed E-state index contributed by atoms with van der Waals surface area (Å²) in [5.41, 5.74) is 0.936. The van der Waals surface area contributed by atoms with Gasteiger partial charge in [-0.15, -0.1) is 0 Å². The number of benzene rings is 3. The zero-order chi connectivity index (χ0) is 28.4. The first-order chi connectivity index (χ1) is 18.7. The number of carbonyl (C=O) groups is 2. The lowest BCUT2D eigenvalue weighted by atomic mass is 10.1. The number of para-hydroxylation sites is 1. The predicted octanol–water partition coefficient (Wildman–Crippen LogP) is 4.88. The van der Waals surface area contributed by atoms with E-state index in [1.54, 1.807) is 61.7 Å². The minimum Gasteiger partial charge on any atom is -0.497 e. The Labute approximate surface area is 235 Å². The van der Waals surface area contributed by atoms with Crippen molar-refractivity contribution in [1.29, 1.82) is 0 Å². The maximum atomic E-state index is 14.0. The highest BCUT2D eigenvalue weighted by atomic mass is 35.5. The third-order valence-electron chi connectivity index (χ3n) is 6.18. The first-order valence-corrected chi connectivity index (χ1v) is 14.6. The van der Waals surface area contributed by atoms with Crippen LogP contribution >= 0.6 is 11.6 Å². The van der Waals surface area contributed by atoms with E-state index in [1.807, 2.05) is 26.0 Å². The lowest BCUT2D eigenvalue weighted by Crippen LogP contribution is -2.52. The topological polar surface area (TPSA) is 96.0 Å². The normalized spacial score (nSPS) is 11.9. The van der Waals surface area contributed by atoms with Gasteiger partial charge in [0.1, 0.15) is 18.3 Å². The summed E-state index contributed by atoms with van der Waals surface area (Å²) < 4.78 is 33.8. The van der Waals surface area contributed by atoms with Gasteiger partial charge in [-0.1, -0.05) is 67.9 Å². The number of anilines is 1. The number of carbonyl (C=O) groups excluding carboxylic acids is 2. The third-order valence-corrected chi connectivity index (χ3v) is 8.27. The van der Waals surface area contributed by atoms with Crippen molar-refractivity contribution in [1.82, 2.24) is 10.2 Å². The van der Waals surface area contributed by atoms with Gasteiger partial charge >= 0.3 is 0 Å². The van der Waals surface area contributed by atoms with Gasteiger partial charge in [0.2, 0.25) is 11.8 Å². The molecular formula is C29H34ClN3O5S. The van der Waals surface area contributed by atoms with E-state index in [2.05, 4.69) is 5.32 Å². The Morgan fingerprint density at radius 1 is 0.949 bits per heavy atom. The van der Waals surface area contributed by atoms with Crippen LogP contribution in [0.25, 0.3) is 0 Å². The van der Waals surface area contributed by atoms with Crippen molar-refractivity contribution in [3.63, 3.8) is 0 Å². The minimum absolute atomic E-state index is 0.0205. The maximum Gasteiger partial charge on any atom is 0.264 e. The number of halogens is 1. The fourth-order valence-corrected chi connectivity index (χ4v) is 5.84. The zero-order valence-corrected chi connectivity index (χ0v) is 23.9. The molecule has 0 aliphatic rings. The summed E-state index contributed by atoms with van der Waals surface area (Å²) >= 11 is 6.42. The Balaban J connectivity index is 2.04. The lowest BCUT2D eigenvalue weighted by molar-refractivity contribution is -0.140. The maximum absolute atomic E-state index is 14.0. The molecule has 1 atom stereocenters. The van der Waals surface area contributed by atoms with Crippen LogP contribution in [0.2, 0.25) is 5.02 Å². The first kappa shape index (κ1) is 30.0. The molecule has 1 N–H and O–H groups in total. The predicted molar refractivity (Wildman–Crippen MR) is 153 cm³/mol. The van der Waals surface area contributed by atoms with E-state index in [-0.39, 0.29) is 28.1 Å². The van der Waals surface area contributed by atoms with Gasteiger partial charge in [0.25, 0.3) is 10.0 Å². The molecule has 0 fully saturated rings.